The van der Waals surface area contributed by atoms with Crippen molar-refractivity contribution in [2.45, 2.75) is 31.7 Å². The maximum Gasteiger partial charge on any atom is 0.312 e. The van der Waals surface area contributed by atoms with Crippen LogP contribution in [0.25, 0.3) is 0 Å². The van der Waals surface area contributed by atoms with Gasteiger partial charge in [0.25, 0.3) is 0 Å². The van der Waals surface area contributed by atoms with Crippen LogP contribution in [0, 0.1) is 0 Å². The van der Waals surface area contributed by atoms with Gasteiger partial charge in [-0.3, -0.25) is 4.79 Å². The number of aliphatic carboxylic acids is 1. The SMILES string of the molecule is O=C(O)C1CCCc2sc(NCc3ccno3)nc21. The first-order valence-corrected chi connectivity index (χ1v) is 6.91. The smallest absolute Gasteiger partial charge is 0.312 e. The van der Waals surface area contributed by atoms with Gasteiger partial charge in [0, 0.05) is 10.9 Å². The van der Waals surface area contributed by atoms with Crippen LogP contribution in [0.2, 0.25) is 0 Å². The van der Waals surface area contributed by atoms with Crippen LogP contribution in [0.15, 0.2) is 16.8 Å². The van der Waals surface area contributed by atoms with Crippen LogP contribution in [-0.2, 0) is 17.8 Å². The number of rotatable bonds is 4. The van der Waals surface area contributed by atoms with Crippen LogP contribution in [0.1, 0.15) is 35.1 Å². The molecule has 7 heteroatoms. The summed E-state index contributed by atoms with van der Waals surface area (Å²) in [5, 5.41) is 16.7. The van der Waals surface area contributed by atoms with Gasteiger partial charge in [-0.05, 0) is 19.3 Å². The molecule has 1 aliphatic rings. The molecule has 0 spiro atoms. The van der Waals surface area contributed by atoms with Gasteiger partial charge in [0.1, 0.15) is 5.92 Å². The minimum absolute atomic E-state index is 0.458. The van der Waals surface area contributed by atoms with Gasteiger partial charge in [-0.25, -0.2) is 4.98 Å². The Bertz CT molecular complexity index is 579. The summed E-state index contributed by atoms with van der Waals surface area (Å²) in [5.74, 6) is -0.517. The lowest BCUT2D eigenvalue weighted by Gasteiger charge is -2.16. The zero-order chi connectivity index (χ0) is 13.2. The average molecular weight is 279 g/mol. The summed E-state index contributed by atoms with van der Waals surface area (Å²) in [4.78, 5) is 16.7. The number of thiazole rings is 1. The third kappa shape index (κ3) is 2.46. The lowest BCUT2D eigenvalue weighted by atomic mass is 9.91. The molecule has 2 heterocycles. The van der Waals surface area contributed by atoms with Crippen molar-refractivity contribution in [3.63, 3.8) is 0 Å². The van der Waals surface area contributed by atoms with E-state index in [0.717, 1.165) is 34.3 Å². The molecule has 2 aromatic heterocycles. The first-order chi connectivity index (χ1) is 9.24. The van der Waals surface area contributed by atoms with Gasteiger partial charge < -0.3 is 14.9 Å². The summed E-state index contributed by atoms with van der Waals surface area (Å²) in [5.41, 5.74) is 0.726. The van der Waals surface area contributed by atoms with Gasteiger partial charge in [0.15, 0.2) is 10.9 Å². The molecule has 0 saturated carbocycles. The summed E-state index contributed by atoms with van der Waals surface area (Å²) >= 11 is 1.53. The predicted molar refractivity (Wildman–Crippen MR) is 69.3 cm³/mol. The normalized spacial score (nSPS) is 18.0. The van der Waals surface area contributed by atoms with Gasteiger partial charge in [-0.15, -0.1) is 11.3 Å². The molecule has 0 fully saturated rings. The van der Waals surface area contributed by atoms with Crippen LogP contribution in [0.5, 0.6) is 0 Å². The van der Waals surface area contributed by atoms with Gasteiger partial charge in [0.05, 0.1) is 18.4 Å². The lowest BCUT2D eigenvalue weighted by Crippen LogP contribution is -2.17. The fraction of sp³-hybridized carbons (Fsp3) is 0.417. The largest absolute Gasteiger partial charge is 0.481 e. The molecule has 0 aliphatic heterocycles. The van der Waals surface area contributed by atoms with Crippen molar-refractivity contribution < 1.29 is 14.4 Å². The summed E-state index contributed by atoms with van der Waals surface area (Å²) in [7, 11) is 0. The van der Waals surface area contributed by atoms with Crippen molar-refractivity contribution in [2.75, 3.05) is 5.32 Å². The van der Waals surface area contributed by atoms with E-state index in [4.69, 9.17) is 4.52 Å². The molecule has 0 bridgehead atoms. The number of fused-ring (bicyclic) bond motifs is 1. The second-order valence-electron chi connectivity index (χ2n) is 4.44. The molecule has 6 nitrogen and oxygen atoms in total. The Kier molecular flexibility index (Phi) is 3.20. The van der Waals surface area contributed by atoms with Crippen LogP contribution >= 0.6 is 11.3 Å². The Labute approximate surface area is 113 Å². The molecule has 1 aliphatic carbocycles. The fourth-order valence-corrected chi connectivity index (χ4v) is 3.29. The third-order valence-electron chi connectivity index (χ3n) is 3.16. The highest BCUT2D eigenvalue weighted by molar-refractivity contribution is 7.15. The van der Waals surface area contributed by atoms with Crippen molar-refractivity contribution >= 4 is 22.4 Å². The number of carboxylic acid groups (broad SMARTS) is 1. The van der Waals surface area contributed by atoms with Gasteiger partial charge in [0.2, 0.25) is 0 Å². The topological polar surface area (TPSA) is 88.2 Å². The molecule has 0 saturated heterocycles. The molecule has 0 radical (unpaired) electrons. The number of aromatic nitrogens is 2. The van der Waals surface area contributed by atoms with Crippen LogP contribution in [-0.4, -0.2) is 21.2 Å². The quantitative estimate of drug-likeness (QED) is 0.892. The lowest BCUT2D eigenvalue weighted by molar-refractivity contribution is -0.139. The van der Waals surface area contributed by atoms with E-state index in [1.54, 1.807) is 12.3 Å². The molecular weight excluding hydrogens is 266 g/mol. The highest BCUT2D eigenvalue weighted by Crippen LogP contribution is 2.36. The Morgan fingerprint density at radius 1 is 1.63 bits per heavy atom. The molecule has 3 rings (SSSR count). The number of nitrogens with zero attached hydrogens (tertiary/aromatic N) is 2. The van der Waals surface area contributed by atoms with E-state index in [0.29, 0.717) is 13.0 Å². The number of carbonyl (C=O) groups is 1. The van der Waals surface area contributed by atoms with Crippen LogP contribution in [0.4, 0.5) is 5.13 Å². The molecular formula is C12H13N3O3S. The first kappa shape index (κ1) is 12.2. The predicted octanol–water partition coefficient (Wildman–Crippen LogP) is 2.25. The van der Waals surface area contributed by atoms with E-state index >= 15 is 0 Å². The summed E-state index contributed by atoms with van der Waals surface area (Å²) in [6.45, 7) is 0.504. The maximum atomic E-state index is 11.2. The standard InChI is InChI=1S/C12H13N3O3S/c16-11(17)8-2-1-3-9-10(8)15-12(19-9)13-6-7-4-5-14-18-7/h4-5,8H,1-3,6H2,(H,13,15)(H,16,17). The highest BCUT2D eigenvalue weighted by Gasteiger charge is 2.29. The Hall–Kier alpha value is -1.89. The zero-order valence-electron chi connectivity index (χ0n) is 10.1. The molecule has 19 heavy (non-hydrogen) atoms. The number of hydrogen-bond acceptors (Lipinski definition) is 6. The van der Waals surface area contributed by atoms with Crippen molar-refractivity contribution in [2.24, 2.45) is 0 Å². The van der Waals surface area contributed by atoms with E-state index in [-0.39, 0.29) is 0 Å². The van der Waals surface area contributed by atoms with E-state index < -0.39 is 11.9 Å². The summed E-state index contributed by atoms with van der Waals surface area (Å²) in [6, 6.07) is 1.78. The number of nitrogens with one attached hydrogen (secondary N) is 1. The van der Waals surface area contributed by atoms with Gasteiger partial charge >= 0.3 is 5.97 Å². The van der Waals surface area contributed by atoms with Crippen LogP contribution in [0.3, 0.4) is 0 Å². The Morgan fingerprint density at radius 3 is 3.26 bits per heavy atom. The molecule has 0 amide bonds. The fourth-order valence-electron chi connectivity index (χ4n) is 2.23. The molecule has 100 valence electrons. The molecule has 0 aromatic carbocycles. The Balaban J connectivity index is 1.76. The summed E-state index contributed by atoms with van der Waals surface area (Å²) in [6.07, 6.45) is 4.09. The van der Waals surface area contributed by atoms with Gasteiger partial charge in [-0.1, -0.05) is 5.16 Å². The zero-order valence-corrected chi connectivity index (χ0v) is 10.9. The average Bonchev–Trinajstić information content (AvgIpc) is 3.04. The third-order valence-corrected chi connectivity index (χ3v) is 4.25. The first-order valence-electron chi connectivity index (χ1n) is 6.10. The Morgan fingerprint density at radius 2 is 2.53 bits per heavy atom. The number of carboxylic acids is 1. The van der Waals surface area contributed by atoms with E-state index in [9.17, 15) is 9.90 Å². The highest BCUT2D eigenvalue weighted by atomic mass is 32.1. The van der Waals surface area contributed by atoms with Crippen molar-refractivity contribution in [3.05, 3.63) is 28.6 Å². The number of hydrogen-bond donors (Lipinski definition) is 2. The van der Waals surface area contributed by atoms with Crippen molar-refractivity contribution in [1.29, 1.82) is 0 Å². The number of anilines is 1. The maximum absolute atomic E-state index is 11.2. The minimum Gasteiger partial charge on any atom is -0.481 e. The number of aryl methyl sites for hydroxylation is 1. The molecule has 1 atom stereocenters. The van der Waals surface area contributed by atoms with Crippen molar-refractivity contribution in [3.8, 4) is 0 Å². The molecule has 2 N–H and O–H groups in total. The molecule has 1 unspecified atom stereocenters. The monoisotopic (exact) mass is 279 g/mol. The van der Waals surface area contributed by atoms with E-state index in [2.05, 4.69) is 15.5 Å². The van der Waals surface area contributed by atoms with Gasteiger partial charge in [-0.2, -0.15) is 0 Å². The second kappa shape index (κ2) is 5.00. The van der Waals surface area contributed by atoms with Crippen molar-refractivity contribution in [1.82, 2.24) is 10.1 Å². The molecule has 2 aromatic rings. The minimum atomic E-state index is -0.784. The summed E-state index contributed by atoms with van der Waals surface area (Å²) < 4.78 is 4.99. The van der Waals surface area contributed by atoms with Crippen LogP contribution < -0.4 is 5.32 Å². The second-order valence-corrected chi connectivity index (χ2v) is 5.53. The van der Waals surface area contributed by atoms with E-state index in [1.807, 2.05) is 0 Å². The van der Waals surface area contributed by atoms with E-state index in [1.165, 1.54) is 11.3 Å².